The molecule has 0 amide bonds. The molecule has 0 radical (unpaired) electrons. The van der Waals surface area contributed by atoms with Gasteiger partial charge in [0.2, 0.25) is 0 Å². The van der Waals surface area contributed by atoms with E-state index in [-0.39, 0.29) is 17.9 Å². The van der Waals surface area contributed by atoms with Gasteiger partial charge in [-0.05, 0) is 30.7 Å². The van der Waals surface area contributed by atoms with E-state index < -0.39 is 0 Å². The highest BCUT2D eigenvalue weighted by Gasteiger charge is 2.03. The van der Waals surface area contributed by atoms with Gasteiger partial charge in [0.05, 0.1) is 19.3 Å². The Morgan fingerprint density at radius 1 is 1.35 bits per heavy atom. The first-order valence-corrected chi connectivity index (χ1v) is 6.33. The summed E-state index contributed by atoms with van der Waals surface area (Å²) < 4.78 is 19.7. The Balaban J connectivity index is 2.08. The summed E-state index contributed by atoms with van der Waals surface area (Å²) in [7, 11) is 0. The number of halogens is 1. The van der Waals surface area contributed by atoms with Gasteiger partial charge in [-0.2, -0.15) is 5.10 Å². The Hall–Kier alpha value is -2.21. The number of nitrogens with two attached hydrogens (primary N) is 1. The van der Waals surface area contributed by atoms with Gasteiger partial charge in [-0.25, -0.2) is 9.07 Å². The molecule has 0 aliphatic rings. The molecule has 2 rings (SSSR count). The zero-order valence-electron chi connectivity index (χ0n) is 11.0. The van der Waals surface area contributed by atoms with Crippen molar-refractivity contribution in [3.8, 4) is 5.75 Å². The van der Waals surface area contributed by atoms with E-state index in [1.54, 1.807) is 12.1 Å². The number of hydrogen-bond donors (Lipinski definition) is 1. The maximum atomic E-state index is 13.1. The molecule has 0 saturated carbocycles. The fraction of sp³-hybridized carbons (Fsp3) is 0.286. The molecule has 5 nitrogen and oxygen atoms in total. The third-order valence-corrected chi connectivity index (χ3v) is 2.68. The summed E-state index contributed by atoms with van der Waals surface area (Å²) in [4.78, 5) is 11.9. The molecule has 1 aromatic heterocycles. The molecule has 6 heteroatoms. The third-order valence-electron chi connectivity index (χ3n) is 2.68. The molecule has 0 bridgehead atoms. The van der Waals surface area contributed by atoms with Crippen molar-refractivity contribution in [1.82, 2.24) is 9.78 Å². The van der Waals surface area contributed by atoms with Crippen molar-refractivity contribution in [2.75, 3.05) is 13.2 Å². The summed E-state index contributed by atoms with van der Waals surface area (Å²) in [6.07, 6.45) is 2.18. The summed E-state index contributed by atoms with van der Waals surface area (Å²) >= 11 is 0. The molecule has 2 aromatic rings. The monoisotopic (exact) mass is 277 g/mol. The van der Waals surface area contributed by atoms with Crippen LogP contribution < -0.4 is 16.0 Å². The van der Waals surface area contributed by atoms with Crippen LogP contribution in [0, 0.1) is 5.82 Å². The second-order valence-corrected chi connectivity index (χ2v) is 4.31. The largest absolute Gasteiger partial charge is 0.492 e. The molecular weight excluding hydrogens is 261 g/mol. The zero-order valence-corrected chi connectivity index (χ0v) is 11.0. The topological polar surface area (TPSA) is 70.1 Å². The van der Waals surface area contributed by atoms with Gasteiger partial charge in [0.25, 0.3) is 5.56 Å². The number of aromatic nitrogens is 2. The first-order chi connectivity index (χ1) is 9.69. The third kappa shape index (κ3) is 3.89. The SMILES string of the molecule is NCCCOc1cnn(Cc2cccc(F)c2)c(=O)c1. The van der Waals surface area contributed by atoms with Crippen LogP contribution in [0.1, 0.15) is 12.0 Å². The van der Waals surface area contributed by atoms with E-state index in [0.717, 1.165) is 0 Å². The normalized spacial score (nSPS) is 10.5. The van der Waals surface area contributed by atoms with E-state index in [4.69, 9.17) is 10.5 Å². The van der Waals surface area contributed by atoms with Crippen LogP contribution in [-0.4, -0.2) is 22.9 Å². The van der Waals surface area contributed by atoms with Gasteiger partial charge in [0.15, 0.2) is 0 Å². The highest BCUT2D eigenvalue weighted by Crippen LogP contribution is 2.06. The minimum atomic E-state index is -0.336. The molecular formula is C14H16FN3O2. The first-order valence-electron chi connectivity index (χ1n) is 6.33. The highest BCUT2D eigenvalue weighted by molar-refractivity contribution is 5.18. The molecule has 106 valence electrons. The number of hydrogen-bond acceptors (Lipinski definition) is 4. The van der Waals surface area contributed by atoms with Crippen molar-refractivity contribution in [1.29, 1.82) is 0 Å². The molecule has 0 fully saturated rings. The minimum Gasteiger partial charge on any atom is -0.492 e. The quantitative estimate of drug-likeness (QED) is 0.804. The second-order valence-electron chi connectivity index (χ2n) is 4.31. The molecule has 0 aliphatic heterocycles. The van der Waals surface area contributed by atoms with E-state index in [0.29, 0.717) is 30.9 Å². The molecule has 20 heavy (non-hydrogen) atoms. The Bertz CT molecular complexity index is 628. The molecule has 0 spiro atoms. The van der Waals surface area contributed by atoms with E-state index in [1.807, 2.05) is 0 Å². The standard InChI is InChI=1S/C14H16FN3O2/c15-12-4-1-3-11(7-12)10-18-14(19)8-13(9-17-18)20-6-2-5-16/h1,3-4,7-9H,2,5-6,10,16H2. The van der Waals surface area contributed by atoms with Gasteiger partial charge < -0.3 is 10.5 Å². The van der Waals surface area contributed by atoms with Crippen LogP contribution in [-0.2, 0) is 6.54 Å². The lowest BCUT2D eigenvalue weighted by Crippen LogP contribution is -2.22. The zero-order chi connectivity index (χ0) is 14.4. The van der Waals surface area contributed by atoms with Crippen molar-refractivity contribution in [3.05, 3.63) is 58.3 Å². The maximum Gasteiger partial charge on any atom is 0.270 e. The van der Waals surface area contributed by atoms with Gasteiger partial charge >= 0.3 is 0 Å². The van der Waals surface area contributed by atoms with Crippen molar-refractivity contribution in [3.63, 3.8) is 0 Å². The molecule has 0 atom stereocenters. The number of ether oxygens (including phenoxy) is 1. The lowest BCUT2D eigenvalue weighted by atomic mass is 10.2. The van der Waals surface area contributed by atoms with Crippen molar-refractivity contribution >= 4 is 0 Å². The predicted molar refractivity (Wildman–Crippen MR) is 73.2 cm³/mol. The maximum absolute atomic E-state index is 13.1. The van der Waals surface area contributed by atoms with Crippen molar-refractivity contribution < 1.29 is 9.13 Å². The van der Waals surface area contributed by atoms with Crippen LogP contribution in [0.2, 0.25) is 0 Å². The summed E-state index contributed by atoms with van der Waals surface area (Å²) in [6, 6.07) is 7.43. The average molecular weight is 277 g/mol. The Kier molecular flexibility index (Phi) is 4.84. The van der Waals surface area contributed by atoms with E-state index in [2.05, 4.69) is 5.10 Å². The average Bonchev–Trinajstić information content (AvgIpc) is 2.42. The van der Waals surface area contributed by atoms with Gasteiger partial charge in [0, 0.05) is 6.07 Å². The predicted octanol–water partition coefficient (Wildman–Crippen LogP) is 1.16. The highest BCUT2D eigenvalue weighted by atomic mass is 19.1. The van der Waals surface area contributed by atoms with Crippen molar-refractivity contribution in [2.45, 2.75) is 13.0 Å². The van der Waals surface area contributed by atoms with Gasteiger partial charge in [-0.15, -0.1) is 0 Å². The fourth-order valence-electron chi connectivity index (χ4n) is 1.70. The number of nitrogens with zero attached hydrogens (tertiary/aromatic N) is 2. The van der Waals surface area contributed by atoms with Crippen LogP contribution in [0.4, 0.5) is 4.39 Å². The van der Waals surface area contributed by atoms with E-state index in [9.17, 15) is 9.18 Å². The molecule has 1 heterocycles. The second kappa shape index (κ2) is 6.81. The van der Waals surface area contributed by atoms with E-state index in [1.165, 1.54) is 29.1 Å². The molecule has 2 N–H and O–H groups in total. The first kappa shape index (κ1) is 14.2. The Labute approximate surface area is 115 Å². The van der Waals surface area contributed by atoms with Gasteiger partial charge in [-0.3, -0.25) is 4.79 Å². The van der Waals surface area contributed by atoms with Gasteiger partial charge in [-0.1, -0.05) is 12.1 Å². The van der Waals surface area contributed by atoms with Gasteiger partial charge in [0.1, 0.15) is 11.6 Å². The summed E-state index contributed by atoms with van der Waals surface area (Å²) in [5.41, 5.74) is 5.74. The van der Waals surface area contributed by atoms with Crippen LogP contribution in [0.15, 0.2) is 41.3 Å². The minimum absolute atomic E-state index is 0.222. The van der Waals surface area contributed by atoms with Crippen LogP contribution >= 0.6 is 0 Å². The van der Waals surface area contributed by atoms with Crippen LogP contribution in [0.5, 0.6) is 5.75 Å². The number of benzene rings is 1. The fourth-order valence-corrected chi connectivity index (χ4v) is 1.70. The Morgan fingerprint density at radius 3 is 2.90 bits per heavy atom. The molecule has 1 aromatic carbocycles. The lowest BCUT2D eigenvalue weighted by Gasteiger charge is -2.07. The summed E-state index contributed by atoms with van der Waals surface area (Å²) in [6.45, 7) is 1.20. The molecule has 0 saturated heterocycles. The Morgan fingerprint density at radius 2 is 2.20 bits per heavy atom. The van der Waals surface area contributed by atoms with Crippen molar-refractivity contribution in [2.24, 2.45) is 5.73 Å². The van der Waals surface area contributed by atoms with Crippen LogP contribution in [0.25, 0.3) is 0 Å². The number of rotatable bonds is 6. The lowest BCUT2D eigenvalue weighted by molar-refractivity contribution is 0.309. The smallest absolute Gasteiger partial charge is 0.270 e. The molecule has 0 unspecified atom stereocenters. The molecule has 0 aliphatic carbocycles. The summed E-state index contributed by atoms with van der Waals surface area (Å²) in [5.74, 6) is 0.0798. The van der Waals surface area contributed by atoms with E-state index >= 15 is 0 Å². The van der Waals surface area contributed by atoms with Crippen LogP contribution in [0.3, 0.4) is 0 Å². The summed E-state index contributed by atoms with van der Waals surface area (Å²) in [5, 5.41) is 4.01.